The zero-order chi connectivity index (χ0) is 24.4. The van der Waals surface area contributed by atoms with E-state index in [4.69, 9.17) is 9.84 Å². The van der Waals surface area contributed by atoms with Gasteiger partial charge in [0.1, 0.15) is 5.75 Å². The third-order valence-electron chi connectivity index (χ3n) is 7.24. The summed E-state index contributed by atoms with van der Waals surface area (Å²) in [4.78, 5) is 15.4. The summed E-state index contributed by atoms with van der Waals surface area (Å²) in [7, 11) is -3.48. The maximum Gasteiger partial charge on any atom is 0.281 e. The SMILES string of the molecule is CCOc1ccc(-c2cc3n(n2)CCCN(C(=O)C2CCCN(S(=O)(=O)N4CCCC4)C2)C3)cc1. The number of aromatic nitrogens is 2. The number of rotatable bonds is 6. The van der Waals surface area contributed by atoms with Gasteiger partial charge >= 0.3 is 0 Å². The van der Waals surface area contributed by atoms with Crippen LogP contribution in [-0.4, -0.2) is 76.9 Å². The van der Waals surface area contributed by atoms with Gasteiger partial charge in [-0.15, -0.1) is 0 Å². The van der Waals surface area contributed by atoms with E-state index >= 15 is 0 Å². The van der Waals surface area contributed by atoms with E-state index in [0.29, 0.717) is 39.3 Å². The third-order valence-corrected chi connectivity index (χ3v) is 9.24. The number of aryl methyl sites for hydroxylation is 1. The van der Waals surface area contributed by atoms with E-state index in [1.165, 1.54) is 4.31 Å². The standard InChI is InChI=1S/C25H35N5O4S/c1-2-34-23-10-8-20(9-11-23)24-17-22-19-27(12-6-16-30(22)26-24)25(31)21-7-5-15-29(18-21)35(32,33)28-13-3-4-14-28/h8-11,17,21H,2-7,12-16,18-19H2,1H3. The lowest BCUT2D eigenvalue weighted by Gasteiger charge is -2.35. The number of carbonyl (C=O) groups is 1. The molecule has 2 fully saturated rings. The van der Waals surface area contributed by atoms with Gasteiger partial charge in [0.2, 0.25) is 5.91 Å². The summed E-state index contributed by atoms with van der Waals surface area (Å²) < 4.78 is 36.8. The fourth-order valence-electron chi connectivity index (χ4n) is 5.37. The van der Waals surface area contributed by atoms with Crippen LogP contribution in [-0.2, 0) is 28.1 Å². The average molecular weight is 502 g/mol. The first-order valence-electron chi connectivity index (χ1n) is 12.8. The Balaban J connectivity index is 1.28. The number of benzene rings is 1. The van der Waals surface area contributed by atoms with Crippen molar-refractivity contribution in [1.29, 1.82) is 0 Å². The predicted octanol–water partition coefficient (Wildman–Crippen LogP) is 2.73. The molecule has 0 aliphatic carbocycles. The first kappa shape index (κ1) is 24.3. The molecular weight excluding hydrogens is 466 g/mol. The highest BCUT2D eigenvalue weighted by Crippen LogP contribution is 2.28. The van der Waals surface area contributed by atoms with Crippen LogP contribution in [0.25, 0.3) is 11.3 Å². The second kappa shape index (κ2) is 10.3. The summed E-state index contributed by atoms with van der Waals surface area (Å²) in [6.45, 7) is 6.47. The van der Waals surface area contributed by atoms with E-state index in [9.17, 15) is 13.2 Å². The molecule has 2 saturated heterocycles. The Labute approximate surface area is 207 Å². The summed E-state index contributed by atoms with van der Waals surface area (Å²) in [5.74, 6) is 0.604. The van der Waals surface area contributed by atoms with E-state index in [1.807, 2.05) is 40.8 Å². The van der Waals surface area contributed by atoms with Gasteiger partial charge < -0.3 is 9.64 Å². The zero-order valence-electron chi connectivity index (χ0n) is 20.4. The van der Waals surface area contributed by atoms with E-state index < -0.39 is 10.2 Å². The second-order valence-corrected chi connectivity index (χ2v) is 11.6. The topological polar surface area (TPSA) is 88.0 Å². The van der Waals surface area contributed by atoms with Crippen molar-refractivity contribution in [2.24, 2.45) is 5.92 Å². The summed E-state index contributed by atoms with van der Waals surface area (Å²) >= 11 is 0. The van der Waals surface area contributed by atoms with Crippen molar-refractivity contribution >= 4 is 16.1 Å². The molecule has 1 aromatic heterocycles. The molecule has 190 valence electrons. The Bertz CT molecular complexity index is 1140. The highest BCUT2D eigenvalue weighted by molar-refractivity contribution is 7.86. The second-order valence-electron chi connectivity index (χ2n) is 9.63. The molecule has 0 radical (unpaired) electrons. The van der Waals surface area contributed by atoms with Gasteiger partial charge in [-0.05, 0) is 69.4 Å². The van der Waals surface area contributed by atoms with Crippen molar-refractivity contribution in [3.63, 3.8) is 0 Å². The number of ether oxygens (including phenoxy) is 1. The summed E-state index contributed by atoms with van der Waals surface area (Å²) in [5.41, 5.74) is 2.91. The fourth-order valence-corrected chi connectivity index (χ4v) is 7.15. The smallest absolute Gasteiger partial charge is 0.281 e. The largest absolute Gasteiger partial charge is 0.494 e. The van der Waals surface area contributed by atoms with Crippen LogP contribution in [0.5, 0.6) is 5.75 Å². The lowest BCUT2D eigenvalue weighted by molar-refractivity contribution is -0.137. The average Bonchev–Trinajstić information content (AvgIpc) is 3.51. The van der Waals surface area contributed by atoms with Crippen LogP contribution in [0.2, 0.25) is 0 Å². The molecule has 35 heavy (non-hydrogen) atoms. The molecule has 9 nitrogen and oxygen atoms in total. The molecule has 1 aromatic carbocycles. The number of amides is 1. The van der Waals surface area contributed by atoms with Crippen molar-refractivity contribution in [3.05, 3.63) is 36.0 Å². The minimum absolute atomic E-state index is 0.0589. The monoisotopic (exact) mass is 501 g/mol. The number of hydrogen-bond acceptors (Lipinski definition) is 5. The van der Waals surface area contributed by atoms with Crippen LogP contribution >= 0.6 is 0 Å². The van der Waals surface area contributed by atoms with Gasteiger partial charge in [0.15, 0.2) is 0 Å². The van der Waals surface area contributed by atoms with Gasteiger partial charge in [0, 0.05) is 44.8 Å². The van der Waals surface area contributed by atoms with Gasteiger partial charge in [0.05, 0.1) is 30.5 Å². The Morgan fingerprint density at radius 3 is 2.49 bits per heavy atom. The van der Waals surface area contributed by atoms with Gasteiger partial charge in [-0.1, -0.05) is 0 Å². The predicted molar refractivity (Wildman–Crippen MR) is 133 cm³/mol. The molecular formula is C25H35N5O4S. The Hall–Kier alpha value is -2.43. The molecule has 3 aliphatic rings. The maximum absolute atomic E-state index is 13.5. The van der Waals surface area contributed by atoms with Gasteiger partial charge in [0.25, 0.3) is 10.2 Å². The first-order valence-corrected chi connectivity index (χ1v) is 14.2. The molecule has 1 unspecified atom stereocenters. The van der Waals surface area contributed by atoms with E-state index in [1.54, 1.807) is 4.31 Å². The number of hydrogen-bond donors (Lipinski definition) is 0. The molecule has 4 heterocycles. The summed E-state index contributed by atoms with van der Waals surface area (Å²) in [5, 5.41) is 4.80. The van der Waals surface area contributed by atoms with Crippen LogP contribution in [0.4, 0.5) is 0 Å². The van der Waals surface area contributed by atoms with E-state index in [2.05, 4.69) is 6.07 Å². The van der Waals surface area contributed by atoms with Crippen LogP contribution in [0.1, 0.15) is 44.7 Å². The highest BCUT2D eigenvalue weighted by Gasteiger charge is 2.38. The van der Waals surface area contributed by atoms with Crippen LogP contribution < -0.4 is 4.74 Å². The summed E-state index contributed by atoms with van der Waals surface area (Å²) in [6, 6.07) is 9.97. The number of carbonyl (C=O) groups excluding carboxylic acids is 1. The molecule has 0 saturated carbocycles. The van der Waals surface area contributed by atoms with Crippen LogP contribution in [0.15, 0.2) is 30.3 Å². The van der Waals surface area contributed by atoms with Crippen molar-refractivity contribution in [3.8, 4) is 17.0 Å². The third kappa shape index (κ3) is 5.10. The number of piperidine rings is 1. The van der Waals surface area contributed by atoms with Gasteiger partial charge in [-0.2, -0.15) is 22.1 Å². The zero-order valence-corrected chi connectivity index (χ0v) is 21.3. The molecule has 1 amide bonds. The number of fused-ring (bicyclic) bond motifs is 1. The minimum Gasteiger partial charge on any atom is -0.494 e. The lowest BCUT2D eigenvalue weighted by Crippen LogP contribution is -2.50. The molecule has 0 N–H and O–H groups in total. The van der Waals surface area contributed by atoms with E-state index in [0.717, 1.165) is 61.3 Å². The Kier molecular flexibility index (Phi) is 7.13. The molecule has 3 aliphatic heterocycles. The van der Waals surface area contributed by atoms with Crippen molar-refractivity contribution in [1.82, 2.24) is 23.3 Å². The maximum atomic E-state index is 13.5. The Morgan fingerprint density at radius 1 is 1.00 bits per heavy atom. The normalized spacial score (nSPS) is 22.1. The molecule has 10 heteroatoms. The number of nitrogens with zero attached hydrogens (tertiary/aromatic N) is 5. The molecule has 1 atom stereocenters. The molecule has 0 bridgehead atoms. The van der Waals surface area contributed by atoms with E-state index in [-0.39, 0.29) is 18.4 Å². The molecule has 0 spiro atoms. The first-order chi connectivity index (χ1) is 17.0. The van der Waals surface area contributed by atoms with Crippen LogP contribution in [0, 0.1) is 5.92 Å². The molecule has 2 aromatic rings. The Morgan fingerprint density at radius 2 is 1.74 bits per heavy atom. The van der Waals surface area contributed by atoms with Crippen molar-refractivity contribution < 1.29 is 17.9 Å². The van der Waals surface area contributed by atoms with Gasteiger partial charge in [-0.3, -0.25) is 9.48 Å². The van der Waals surface area contributed by atoms with Crippen molar-refractivity contribution in [2.75, 3.05) is 39.3 Å². The lowest BCUT2D eigenvalue weighted by atomic mass is 9.98. The molecule has 5 rings (SSSR count). The minimum atomic E-state index is -3.48. The quantitative estimate of drug-likeness (QED) is 0.607. The van der Waals surface area contributed by atoms with Crippen LogP contribution in [0.3, 0.4) is 0 Å². The van der Waals surface area contributed by atoms with Gasteiger partial charge in [-0.25, -0.2) is 0 Å². The fraction of sp³-hybridized carbons (Fsp3) is 0.600. The summed E-state index contributed by atoms with van der Waals surface area (Å²) in [6.07, 6.45) is 4.10. The van der Waals surface area contributed by atoms with Crippen molar-refractivity contribution in [2.45, 2.75) is 52.1 Å². The highest BCUT2D eigenvalue weighted by atomic mass is 32.2.